The minimum atomic E-state index is 1.05. The number of aryl methyl sites for hydroxylation is 2. The maximum atomic E-state index is 4.90. The third-order valence-corrected chi connectivity index (χ3v) is 7.58. The first-order valence-electron chi connectivity index (χ1n) is 12.4. The second-order valence-corrected chi connectivity index (χ2v) is 10.3. The molecule has 0 aliphatic carbocycles. The van der Waals surface area contributed by atoms with Gasteiger partial charge in [0, 0.05) is 21.9 Å². The fourth-order valence-corrected chi connectivity index (χ4v) is 5.57. The highest BCUT2D eigenvalue weighted by molar-refractivity contribution is 7.21. The van der Waals surface area contributed by atoms with Crippen molar-refractivity contribution >= 4 is 43.2 Å². The van der Waals surface area contributed by atoms with Crippen molar-refractivity contribution in [2.75, 3.05) is 0 Å². The van der Waals surface area contributed by atoms with Crippen LogP contribution < -0.4 is 0 Å². The first-order valence-corrected chi connectivity index (χ1v) is 13.2. The topological polar surface area (TPSA) is 25.8 Å². The highest BCUT2D eigenvalue weighted by Crippen LogP contribution is 2.32. The van der Waals surface area contributed by atoms with E-state index in [0.29, 0.717) is 0 Å². The minimum Gasteiger partial charge on any atom is -0.247 e. The summed E-state index contributed by atoms with van der Waals surface area (Å²) in [5, 5.41) is 4.78. The molecule has 2 aromatic heterocycles. The van der Waals surface area contributed by atoms with Crippen LogP contribution in [0.4, 0.5) is 0 Å². The zero-order valence-electron chi connectivity index (χ0n) is 20.8. The van der Waals surface area contributed by atoms with Gasteiger partial charge in [-0.15, -0.1) is 11.3 Å². The van der Waals surface area contributed by atoms with Gasteiger partial charge in [0.05, 0.1) is 21.4 Å². The fraction of sp³-hybridized carbons (Fsp3) is 0.0588. The summed E-state index contributed by atoms with van der Waals surface area (Å²) in [7, 11) is 0. The van der Waals surface area contributed by atoms with Crippen LogP contribution in [0.15, 0.2) is 121 Å². The molecule has 0 saturated heterocycles. The lowest BCUT2D eigenvalue weighted by Gasteiger charge is -2.10. The summed E-state index contributed by atoms with van der Waals surface area (Å²) in [6.07, 6.45) is 0. The SMILES string of the molecule is Cc1ccc(-c2nc3ccccc3c3ccccc23)cc1.Cc1cccc(-c2nc3ccccc3s2)c1. The molecule has 0 bridgehead atoms. The van der Waals surface area contributed by atoms with Crippen LogP contribution in [0.25, 0.3) is 53.7 Å². The molecule has 2 nitrogen and oxygen atoms in total. The van der Waals surface area contributed by atoms with Gasteiger partial charge in [-0.2, -0.15) is 0 Å². The number of thiazole rings is 1. The first-order chi connectivity index (χ1) is 18.2. The van der Waals surface area contributed by atoms with Crippen LogP contribution in [-0.2, 0) is 0 Å². The molecule has 0 saturated carbocycles. The van der Waals surface area contributed by atoms with Crippen LogP contribution in [0.5, 0.6) is 0 Å². The van der Waals surface area contributed by atoms with Crippen molar-refractivity contribution in [2.45, 2.75) is 13.8 Å². The molecule has 0 aliphatic rings. The Morgan fingerprint density at radius 3 is 1.92 bits per heavy atom. The largest absolute Gasteiger partial charge is 0.247 e. The predicted molar refractivity (Wildman–Crippen MR) is 159 cm³/mol. The molecule has 0 spiro atoms. The van der Waals surface area contributed by atoms with Crippen molar-refractivity contribution in [1.29, 1.82) is 0 Å². The van der Waals surface area contributed by atoms with Gasteiger partial charge in [-0.05, 0) is 43.5 Å². The smallest absolute Gasteiger partial charge is 0.124 e. The Morgan fingerprint density at radius 2 is 1.16 bits per heavy atom. The van der Waals surface area contributed by atoms with Gasteiger partial charge in [-0.25, -0.2) is 9.97 Å². The number of rotatable bonds is 2. The summed E-state index contributed by atoms with van der Waals surface area (Å²) < 4.78 is 1.25. The van der Waals surface area contributed by atoms with E-state index in [1.807, 2.05) is 12.1 Å². The molecular weight excluding hydrogens is 468 g/mol. The molecule has 178 valence electrons. The van der Waals surface area contributed by atoms with Crippen LogP contribution in [0.1, 0.15) is 11.1 Å². The number of benzene rings is 5. The van der Waals surface area contributed by atoms with Crippen molar-refractivity contribution in [3.05, 3.63) is 132 Å². The Labute approximate surface area is 220 Å². The van der Waals surface area contributed by atoms with Crippen LogP contribution in [0, 0.1) is 13.8 Å². The van der Waals surface area contributed by atoms with E-state index >= 15 is 0 Å². The Balaban J connectivity index is 0.000000141. The number of hydrogen-bond acceptors (Lipinski definition) is 3. The molecule has 0 atom stereocenters. The lowest BCUT2D eigenvalue weighted by molar-refractivity contribution is 1.41. The van der Waals surface area contributed by atoms with Gasteiger partial charge >= 0.3 is 0 Å². The Kier molecular flexibility index (Phi) is 6.21. The molecule has 0 N–H and O–H groups in total. The zero-order chi connectivity index (χ0) is 25.2. The number of fused-ring (bicyclic) bond motifs is 4. The molecule has 7 rings (SSSR count). The third kappa shape index (κ3) is 4.74. The molecule has 37 heavy (non-hydrogen) atoms. The summed E-state index contributed by atoms with van der Waals surface area (Å²) in [5.74, 6) is 0. The molecule has 5 aromatic carbocycles. The van der Waals surface area contributed by atoms with Crippen molar-refractivity contribution in [3.8, 4) is 21.8 Å². The van der Waals surface area contributed by atoms with Crippen LogP contribution in [0.2, 0.25) is 0 Å². The van der Waals surface area contributed by atoms with Crippen LogP contribution in [-0.4, -0.2) is 9.97 Å². The second kappa shape index (κ2) is 9.96. The fourth-order valence-electron chi connectivity index (χ4n) is 4.61. The number of pyridine rings is 1. The maximum Gasteiger partial charge on any atom is 0.124 e. The van der Waals surface area contributed by atoms with Gasteiger partial charge in [0.25, 0.3) is 0 Å². The van der Waals surface area contributed by atoms with E-state index in [-0.39, 0.29) is 0 Å². The van der Waals surface area contributed by atoms with E-state index in [2.05, 4.69) is 128 Å². The Bertz CT molecular complexity index is 1820. The Morgan fingerprint density at radius 1 is 0.486 bits per heavy atom. The molecule has 0 aliphatic heterocycles. The molecule has 2 heterocycles. The molecule has 0 radical (unpaired) electrons. The summed E-state index contributed by atoms with van der Waals surface area (Å²) >= 11 is 1.75. The summed E-state index contributed by atoms with van der Waals surface area (Å²) in [6, 6.07) is 42.2. The van der Waals surface area contributed by atoms with E-state index < -0.39 is 0 Å². The number of nitrogens with zero attached hydrogens (tertiary/aromatic N) is 2. The zero-order valence-corrected chi connectivity index (χ0v) is 21.7. The second-order valence-electron chi connectivity index (χ2n) is 9.25. The van der Waals surface area contributed by atoms with E-state index in [9.17, 15) is 0 Å². The number of para-hydroxylation sites is 2. The highest BCUT2D eigenvalue weighted by atomic mass is 32.1. The normalized spacial score (nSPS) is 11.0. The molecule has 7 aromatic rings. The number of hydrogen-bond donors (Lipinski definition) is 0. The highest BCUT2D eigenvalue weighted by Gasteiger charge is 2.09. The van der Waals surface area contributed by atoms with Gasteiger partial charge in [0.2, 0.25) is 0 Å². The van der Waals surface area contributed by atoms with Crippen LogP contribution >= 0.6 is 11.3 Å². The minimum absolute atomic E-state index is 1.05. The monoisotopic (exact) mass is 494 g/mol. The van der Waals surface area contributed by atoms with E-state index in [0.717, 1.165) is 21.7 Å². The maximum absolute atomic E-state index is 4.90. The van der Waals surface area contributed by atoms with E-state index in [1.165, 1.54) is 43.1 Å². The summed E-state index contributed by atoms with van der Waals surface area (Å²) in [6.45, 7) is 4.21. The van der Waals surface area contributed by atoms with Gasteiger partial charge < -0.3 is 0 Å². The van der Waals surface area contributed by atoms with E-state index in [1.54, 1.807) is 11.3 Å². The standard InChI is InChI=1S/C20H15N.C14H11NS/c1-14-10-12-15(13-11-14)20-18-8-3-2-6-16(18)17-7-4-5-9-19(17)21-20;1-10-5-4-6-11(9-10)14-15-12-7-2-3-8-13(12)16-14/h2-13H,1H3;2-9H,1H3. The molecular formula is C34H26N2S. The quantitative estimate of drug-likeness (QED) is 0.224. The molecule has 3 heteroatoms. The van der Waals surface area contributed by atoms with Crippen molar-refractivity contribution < 1.29 is 0 Å². The Hall–Kier alpha value is -4.34. The lowest BCUT2D eigenvalue weighted by Crippen LogP contribution is -1.89. The third-order valence-electron chi connectivity index (χ3n) is 6.49. The van der Waals surface area contributed by atoms with Crippen molar-refractivity contribution in [2.24, 2.45) is 0 Å². The average molecular weight is 495 g/mol. The molecule has 0 amide bonds. The van der Waals surface area contributed by atoms with E-state index in [4.69, 9.17) is 4.98 Å². The van der Waals surface area contributed by atoms with Crippen molar-refractivity contribution in [1.82, 2.24) is 9.97 Å². The van der Waals surface area contributed by atoms with Gasteiger partial charge in [-0.3, -0.25) is 0 Å². The van der Waals surface area contributed by atoms with Gasteiger partial charge in [-0.1, -0.05) is 108 Å². The summed E-state index contributed by atoms with van der Waals surface area (Å²) in [5.41, 5.74) is 8.12. The van der Waals surface area contributed by atoms with Gasteiger partial charge in [0.1, 0.15) is 5.01 Å². The predicted octanol–water partition coefficient (Wildman–Crippen LogP) is 9.64. The first kappa shape index (κ1) is 23.1. The summed E-state index contributed by atoms with van der Waals surface area (Å²) in [4.78, 5) is 9.55. The molecule has 0 unspecified atom stereocenters. The number of aromatic nitrogens is 2. The van der Waals surface area contributed by atoms with Gasteiger partial charge in [0.15, 0.2) is 0 Å². The average Bonchev–Trinajstić information content (AvgIpc) is 3.38. The van der Waals surface area contributed by atoms with Crippen LogP contribution in [0.3, 0.4) is 0 Å². The molecule has 0 fully saturated rings. The lowest BCUT2D eigenvalue weighted by atomic mass is 9.99. The van der Waals surface area contributed by atoms with Crippen molar-refractivity contribution in [3.63, 3.8) is 0 Å².